The molecule has 268 valence electrons. The predicted molar refractivity (Wildman–Crippen MR) is 205 cm³/mol. The molecule has 5 heteroatoms. The minimum absolute atomic E-state index is 0.113. The third-order valence-electron chi connectivity index (χ3n) is 7.08. The first-order chi connectivity index (χ1) is 23.6. The summed E-state index contributed by atoms with van der Waals surface area (Å²) in [7, 11) is 0. The third kappa shape index (κ3) is 35.4. The van der Waals surface area contributed by atoms with Gasteiger partial charge in [-0.05, 0) is 83.5 Å². The molecule has 0 heterocycles. The first kappa shape index (κ1) is 44.6. The summed E-state index contributed by atoms with van der Waals surface area (Å²) < 4.78 is 10.5. The van der Waals surface area contributed by atoms with E-state index in [-0.39, 0.29) is 25.6 Å². The molecule has 5 nitrogen and oxygen atoms in total. The molecular weight excluding hydrogens is 596 g/mol. The first-order valence-corrected chi connectivity index (χ1v) is 18.4. The Labute approximate surface area is 293 Å². The minimum Gasteiger partial charge on any atom is -0.462 e. The quantitative estimate of drug-likeness (QED) is 0.0454. The summed E-state index contributed by atoms with van der Waals surface area (Å²) >= 11 is 0. The molecule has 0 bridgehead atoms. The largest absolute Gasteiger partial charge is 0.462 e. The van der Waals surface area contributed by atoms with Gasteiger partial charge in [-0.2, -0.15) is 0 Å². The fourth-order valence-corrected chi connectivity index (χ4v) is 4.36. The van der Waals surface area contributed by atoms with Crippen LogP contribution in [0.1, 0.15) is 129 Å². The van der Waals surface area contributed by atoms with Crippen molar-refractivity contribution in [1.82, 2.24) is 0 Å². The standard InChI is InChI=1S/C43H66O5/c1-3-5-7-9-11-13-15-17-19-20-21-22-24-26-28-30-32-34-36-38-43(46)48-41(39-44)40-47-42(45)37-35-33-31-29-27-25-23-18-16-14-12-10-8-6-4-2/h5-8,11-14,17-19,21-23,26,28,32,34,41,44H,3-4,9-10,15-16,20,24-25,27,29-31,33,35-40H2,1-2H3/t41-/m0/s1. The lowest BCUT2D eigenvalue weighted by Gasteiger charge is -2.15. The van der Waals surface area contributed by atoms with Crippen molar-refractivity contribution in [2.75, 3.05) is 13.2 Å². The number of carbonyl (C=O) groups excluding carboxylic acids is 2. The summed E-state index contributed by atoms with van der Waals surface area (Å²) in [6, 6.07) is 0. The van der Waals surface area contributed by atoms with Crippen LogP contribution in [0, 0.1) is 0 Å². The van der Waals surface area contributed by atoms with E-state index in [0.717, 1.165) is 96.3 Å². The van der Waals surface area contributed by atoms with Crippen LogP contribution in [-0.4, -0.2) is 36.4 Å². The van der Waals surface area contributed by atoms with Gasteiger partial charge in [0.2, 0.25) is 0 Å². The van der Waals surface area contributed by atoms with Crippen LogP contribution in [0.2, 0.25) is 0 Å². The monoisotopic (exact) mass is 662 g/mol. The van der Waals surface area contributed by atoms with Crippen LogP contribution in [0.3, 0.4) is 0 Å². The second-order valence-electron chi connectivity index (χ2n) is 11.5. The highest BCUT2D eigenvalue weighted by Gasteiger charge is 2.15. The molecule has 0 unspecified atom stereocenters. The van der Waals surface area contributed by atoms with E-state index in [1.54, 1.807) is 0 Å². The van der Waals surface area contributed by atoms with Crippen LogP contribution in [0.5, 0.6) is 0 Å². The lowest BCUT2D eigenvalue weighted by Crippen LogP contribution is -2.28. The zero-order chi connectivity index (χ0) is 35.0. The van der Waals surface area contributed by atoms with E-state index in [1.165, 1.54) is 0 Å². The Morgan fingerprint density at radius 3 is 1.33 bits per heavy atom. The van der Waals surface area contributed by atoms with Crippen LogP contribution in [0.15, 0.2) is 109 Å². The van der Waals surface area contributed by atoms with Crippen LogP contribution in [0.4, 0.5) is 0 Å². The fourth-order valence-electron chi connectivity index (χ4n) is 4.36. The van der Waals surface area contributed by atoms with Crippen molar-refractivity contribution >= 4 is 11.9 Å². The van der Waals surface area contributed by atoms with E-state index < -0.39 is 12.1 Å². The number of unbranched alkanes of at least 4 members (excludes halogenated alkanes) is 5. The van der Waals surface area contributed by atoms with E-state index in [9.17, 15) is 14.7 Å². The lowest BCUT2D eigenvalue weighted by molar-refractivity contribution is -0.161. The number of ether oxygens (including phenoxy) is 2. The van der Waals surface area contributed by atoms with Gasteiger partial charge in [0.05, 0.1) is 6.61 Å². The summed E-state index contributed by atoms with van der Waals surface area (Å²) in [6.45, 7) is 3.80. The number of aliphatic hydroxyl groups is 1. The SMILES string of the molecule is CCC=CCC=CCC=CCC=CCC=CCC=CCCC(=O)O[C@@H](CO)COC(=O)CCCCCCCC=CCC=CCC=CCC. The first-order valence-electron chi connectivity index (χ1n) is 18.4. The van der Waals surface area contributed by atoms with Gasteiger partial charge < -0.3 is 14.6 Å². The highest BCUT2D eigenvalue weighted by molar-refractivity contribution is 5.70. The zero-order valence-electron chi connectivity index (χ0n) is 30.2. The third-order valence-corrected chi connectivity index (χ3v) is 7.08. The molecule has 0 spiro atoms. The molecule has 0 fully saturated rings. The van der Waals surface area contributed by atoms with Crippen molar-refractivity contribution in [2.45, 2.75) is 136 Å². The van der Waals surface area contributed by atoms with Gasteiger partial charge in [-0.3, -0.25) is 9.59 Å². The molecule has 0 aliphatic heterocycles. The smallest absolute Gasteiger partial charge is 0.306 e. The normalized spacial score (nSPS) is 13.5. The topological polar surface area (TPSA) is 72.8 Å². The summed E-state index contributed by atoms with van der Waals surface area (Å²) in [4.78, 5) is 24.2. The van der Waals surface area contributed by atoms with E-state index in [2.05, 4.69) is 111 Å². The second kappa shape index (κ2) is 38.0. The maximum Gasteiger partial charge on any atom is 0.306 e. The van der Waals surface area contributed by atoms with E-state index in [4.69, 9.17) is 9.47 Å². The Hall–Kier alpha value is -3.44. The highest BCUT2D eigenvalue weighted by atomic mass is 16.6. The molecule has 0 aromatic rings. The maximum atomic E-state index is 12.1. The van der Waals surface area contributed by atoms with Crippen LogP contribution < -0.4 is 0 Å². The van der Waals surface area contributed by atoms with Gasteiger partial charge in [0.25, 0.3) is 0 Å². The Morgan fingerprint density at radius 1 is 0.479 bits per heavy atom. The highest BCUT2D eigenvalue weighted by Crippen LogP contribution is 2.09. The number of hydrogen-bond acceptors (Lipinski definition) is 5. The number of allylic oxidation sites excluding steroid dienone is 18. The number of hydrogen-bond donors (Lipinski definition) is 1. The molecule has 0 aromatic carbocycles. The van der Waals surface area contributed by atoms with Gasteiger partial charge in [0.15, 0.2) is 6.10 Å². The molecule has 0 aromatic heterocycles. The van der Waals surface area contributed by atoms with Crippen LogP contribution >= 0.6 is 0 Å². The van der Waals surface area contributed by atoms with Gasteiger partial charge in [-0.1, -0.05) is 142 Å². The van der Waals surface area contributed by atoms with Gasteiger partial charge in [0, 0.05) is 12.8 Å². The molecule has 0 rings (SSSR count). The molecule has 0 radical (unpaired) electrons. The molecule has 1 atom stereocenters. The summed E-state index contributed by atoms with van der Waals surface area (Å²) in [5.41, 5.74) is 0. The predicted octanol–water partition coefficient (Wildman–Crippen LogP) is 11.5. The number of rotatable bonds is 31. The Bertz CT molecular complexity index is 1020. The van der Waals surface area contributed by atoms with Crippen molar-refractivity contribution in [3.8, 4) is 0 Å². The number of aliphatic hydroxyl groups excluding tert-OH is 1. The second-order valence-corrected chi connectivity index (χ2v) is 11.5. The Balaban J connectivity index is 3.78. The molecule has 0 amide bonds. The maximum absolute atomic E-state index is 12.1. The molecule has 48 heavy (non-hydrogen) atoms. The molecule has 0 aliphatic carbocycles. The zero-order valence-corrected chi connectivity index (χ0v) is 30.2. The van der Waals surface area contributed by atoms with E-state index >= 15 is 0 Å². The van der Waals surface area contributed by atoms with Crippen molar-refractivity contribution < 1.29 is 24.2 Å². The van der Waals surface area contributed by atoms with Gasteiger partial charge in [0.1, 0.15) is 6.61 Å². The van der Waals surface area contributed by atoms with Crippen molar-refractivity contribution in [2.24, 2.45) is 0 Å². The summed E-state index contributed by atoms with van der Waals surface area (Å²) in [5, 5.41) is 9.53. The molecule has 0 aliphatic rings. The van der Waals surface area contributed by atoms with Crippen LogP contribution in [-0.2, 0) is 19.1 Å². The van der Waals surface area contributed by atoms with Crippen LogP contribution in [0.25, 0.3) is 0 Å². The molecule has 0 saturated carbocycles. The van der Waals surface area contributed by atoms with Gasteiger partial charge in [-0.25, -0.2) is 0 Å². The van der Waals surface area contributed by atoms with E-state index in [1.807, 2.05) is 12.2 Å². The van der Waals surface area contributed by atoms with E-state index in [0.29, 0.717) is 12.8 Å². The summed E-state index contributed by atoms with van der Waals surface area (Å²) in [6.07, 6.45) is 54.4. The van der Waals surface area contributed by atoms with Gasteiger partial charge in [-0.15, -0.1) is 0 Å². The number of carbonyl (C=O) groups is 2. The molecular formula is C43H66O5. The fraction of sp³-hybridized carbons (Fsp3) is 0.535. The Morgan fingerprint density at radius 2 is 0.875 bits per heavy atom. The average molecular weight is 663 g/mol. The van der Waals surface area contributed by atoms with Crippen molar-refractivity contribution in [3.05, 3.63) is 109 Å². The lowest BCUT2D eigenvalue weighted by atomic mass is 10.1. The van der Waals surface area contributed by atoms with Gasteiger partial charge >= 0.3 is 11.9 Å². The minimum atomic E-state index is -0.826. The summed E-state index contributed by atoms with van der Waals surface area (Å²) in [5.74, 6) is -0.723. The van der Waals surface area contributed by atoms with Crippen molar-refractivity contribution in [3.63, 3.8) is 0 Å². The number of esters is 2. The molecule has 1 N–H and O–H groups in total. The van der Waals surface area contributed by atoms with Crippen molar-refractivity contribution in [1.29, 1.82) is 0 Å². The Kier molecular flexibility index (Phi) is 35.3. The average Bonchev–Trinajstić information content (AvgIpc) is 3.09. The molecule has 0 saturated heterocycles.